The van der Waals surface area contributed by atoms with Crippen LogP contribution in [0.3, 0.4) is 0 Å². The number of benzene rings is 1. The van der Waals surface area contributed by atoms with Crippen molar-refractivity contribution in [1.82, 2.24) is 15.2 Å². The van der Waals surface area contributed by atoms with Gasteiger partial charge in [-0.05, 0) is 43.7 Å². The molecule has 0 spiro atoms. The molecule has 1 aliphatic rings. The van der Waals surface area contributed by atoms with Gasteiger partial charge in [0.05, 0.1) is 12.6 Å². The van der Waals surface area contributed by atoms with Crippen LogP contribution >= 0.6 is 0 Å². The van der Waals surface area contributed by atoms with Crippen molar-refractivity contribution in [2.75, 3.05) is 13.1 Å². The molecule has 0 unspecified atom stereocenters. The number of hydrogen-bond acceptors (Lipinski definition) is 5. The number of imide groups is 1. The molecule has 0 saturated carbocycles. The average Bonchev–Trinajstić information content (AvgIpc) is 3.11. The molecule has 1 atom stereocenters. The summed E-state index contributed by atoms with van der Waals surface area (Å²) in [5.74, 6) is -0.914. The van der Waals surface area contributed by atoms with Gasteiger partial charge in [0, 0.05) is 11.8 Å². The number of pyridine rings is 1. The molecule has 0 bridgehead atoms. The van der Waals surface area contributed by atoms with E-state index in [-0.39, 0.29) is 18.2 Å². The molecular formula is C19H19N3O3. The first-order valence-corrected chi connectivity index (χ1v) is 8.23. The number of likely N-dealkylation sites (tertiary alicyclic amines) is 1. The maximum Gasteiger partial charge on any atom is 0.257 e. The van der Waals surface area contributed by atoms with Gasteiger partial charge in [-0.25, -0.2) is 0 Å². The highest BCUT2D eigenvalue weighted by atomic mass is 16.2. The Balaban J connectivity index is 1.62. The molecule has 6 heteroatoms. The van der Waals surface area contributed by atoms with Crippen molar-refractivity contribution in [3.8, 4) is 0 Å². The maximum atomic E-state index is 12.5. The van der Waals surface area contributed by atoms with E-state index in [1.54, 1.807) is 54.7 Å². The van der Waals surface area contributed by atoms with E-state index in [9.17, 15) is 14.4 Å². The van der Waals surface area contributed by atoms with Crippen LogP contribution in [0.1, 0.15) is 33.7 Å². The Bertz CT molecular complexity index is 762. The van der Waals surface area contributed by atoms with Gasteiger partial charge in [-0.3, -0.25) is 29.6 Å². The highest BCUT2D eigenvalue weighted by molar-refractivity contribution is 6.06. The summed E-state index contributed by atoms with van der Waals surface area (Å²) in [6, 6.07) is 13.3. The first-order valence-electron chi connectivity index (χ1n) is 8.23. The summed E-state index contributed by atoms with van der Waals surface area (Å²) in [6.45, 7) is 0.769. The Kier molecular flexibility index (Phi) is 5.30. The summed E-state index contributed by atoms with van der Waals surface area (Å²) >= 11 is 0. The van der Waals surface area contributed by atoms with Gasteiger partial charge in [-0.15, -0.1) is 0 Å². The standard InChI is InChI=1S/C19H19N3O3/c23-17(15-9-4-5-11-20-15)13-22-12-6-10-16(22)19(25)21-18(24)14-7-2-1-3-8-14/h1-5,7-9,11,16H,6,10,12-13H2,(H,21,24,25)/t16-/m1/s1. The quantitative estimate of drug-likeness (QED) is 0.663. The van der Waals surface area contributed by atoms with E-state index in [1.165, 1.54) is 0 Å². The fraction of sp³-hybridized carbons (Fsp3) is 0.263. The number of Topliss-reactive ketones (excluding diaryl/α,β-unsaturated/α-hetero) is 1. The minimum Gasteiger partial charge on any atom is -0.291 e. The van der Waals surface area contributed by atoms with Crippen molar-refractivity contribution in [3.05, 3.63) is 66.0 Å². The van der Waals surface area contributed by atoms with Gasteiger partial charge < -0.3 is 0 Å². The number of aromatic nitrogens is 1. The molecule has 128 valence electrons. The predicted molar refractivity (Wildman–Crippen MR) is 92.1 cm³/mol. The Morgan fingerprint density at radius 1 is 1.08 bits per heavy atom. The van der Waals surface area contributed by atoms with E-state index in [1.807, 2.05) is 4.90 Å². The molecule has 2 aromatic rings. The van der Waals surface area contributed by atoms with Crippen LogP contribution in [-0.4, -0.2) is 46.6 Å². The summed E-state index contributed by atoms with van der Waals surface area (Å²) in [6.07, 6.45) is 3.01. The molecule has 1 N–H and O–H groups in total. The number of hydrogen-bond donors (Lipinski definition) is 1. The van der Waals surface area contributed by atoms with Crippen LogP contribution in [-0.2, 0) is 4.79 Å². The highest BCUT2D eigenvalue weighted by Crippen LogP contribution is 2.18. The zero-order valence-corrected chi connectivity index (χ0v) is 13.7. The normalized spacial score (nSPS) is 17.2. The van der Waals surface area contributed by atoms with Crippen molar-refractivity contribution in [1.29, 1.82) is 0 Å². The Morgan fingerprint density at radius 3 is 2.56 bits per heavy atom. The number of carbonyl (C=O) groups is 3. The molecule has 1 aliphatic heterocycles. The van der Waals surface area contributed by atoms with Crippen LogP contribution < -0.4 is 5.32 Å². The first-order chi connectivity index (χ1) is 12.1. The number of nitrogens with one attached hydrogen (secondary N) is 1. The largest absolute Gasteiger partial charge is 0.291 e. The topological polar surface area (TPSA) is 79.4 Å². The summed E-state index contributed by atoms with van der Waals surface area (Å²) in [5, 5.41) is 2.43. The van der Waals surface area contributed by atoms with E-state index < -0.39 is 11.9 Å². The summed E-state index contributed by atoms with van der Waals surface area (Å²) in [4.78, 5) is 42.8. The third-order valence-corrected chi connectivity index (χ3v) is 4.24. The van der Waals surface area contributed by atoms with E-state index in [0.29, 0.717) is 24.2 Å². The van der Waals surface area contributed by atoms with E-state index >= 15 is 0 Å². The summed E-state index contributed by atoms with van der Waals surface area (Å²) in [5.41, 5.74) is 0.818. The van der Waals surface area contributed by atoms with Crippen LogP contribution in [0.25, 0.3) is 0 Å². The summed E-state index contributed by atoms with van der Waals surface area (Å²) < 4.78 is 0. The van der Waals surface area contributed by atoms with E-state index in [0.717, 1.165) is 6.42 Å². The number of rotatable bonds is 5. The Morgan fingerprint density at radius 2 is 1.84 bits per heavy atom. The van der Waals surface area contributed by atoms with Gasteiger partial charge in [0.25, 0.3) is 5.91 Å². The molecule has 25 heavy (non-hydrogen) atoms. The third-order valence-electron chi connectivity index (χ3n) is 4.24. The molecule has 0 radical (unpaired) electrons. The molecule has 6 nitrogen and oxygen atoms in total. The lowest BCUT2D eigenvalue weighted by Gasteiger charge is -2.22. The van der Waals surface area contributed by atoms with Crippen molar-refractivity contribution < 1.29 is 14.4 Å². The molecule has 1 aromatic carbocycles. The molecule has 1 aromatic heterocycles. The van der Waals surface area contributed by atoms with Crippen molar-refractivity contribution in [2.45, 2.75) is 18.9 Å². The van der Waals surface area contributed by atoms with Crippen LogP contribution in [0.4, 0.5) is 0 Å². The van der Waals surface area contributed by atoms with Gasteiger partial charge in [0.15, 0.2) is 5.78 Å². The SMILES string of the molecule is O=C(NC(=O)[C@H]1CCCN1CC(=O)c1ccccn1)c1ccccc1. The first kappa shape index (κ1) is 17.0. The number of nitrogens with zero attached hydrogens (tertiary/aromatic N) is 2. The second kappa shape index (κ2) is 7.81. The van der Waals surface area contributed by atoms with E-state index in [2.05, 4.69) is 10.3 Å². The number of ketones is 1. The van der Waals surface area contributed by atoms with Crippen molar-refractivity contribution in [2.24, 2.45) is 0 Å². The van der Waals surface area contributed by atoms with Crippen LogP contribution in [0.5, 0.6) is 0 Å². The Labute approximate surface area is 145 Å². The van der Waals surface area contributed by atoms with E-state index in [4.69, 9.17) is 0 Å². The second-order valence-electron chi connectivity index (χ2n) is 5.95. The molecule has 1 saturated heterocycles. The second-order valence-corrected chi connectivity index (χ2v) is 5.95. The van der Waals surface area contributed by atoms with Crippen molar-refractivity contribution in [3.63, 3.8) is 0 Å². The smallest absolute Gasteiger partial charge is 0.257 e. The molecular weight excluding hydrogens is 318 g/mol. The maximum absolute atomic E-state index is 12.5. The van der Waals surface area contributed by atoms with Gasteiger partial charge in [0.2, 0.25) is 5.91 Å². The minimum absolute atomic E-state index is 0.120. The zero-order valence-electron chi connectivity index (χ0n) is 13.7. The van der Waals surface area contributed by atoms with Crippen molar-refractivity contribution >= 4 is 17.6 Å². The highest BCUT2D eigenvalue weighted by Gasteiger charge is 2.33. The third kappa shape index (κ3) is 4.16. The number of carbonyl (C=O) groups excluding carboxylic acids is 3. The van der Waals surface area contributed by atoms with Gasteiger partial charge >= 0.3 is 0 Å². The minimum atomic E-state index is -0.472. The average molecular weight is 337 g/mol. The summed E-state index contributed by atoms with van der Waals surface area (Å²) in [7, 11) is 0. The molecule has 2 heterocycles. The van der Waals surface area contributed by atoms with Crippen LogP contribution in [0.2, 0.25) is 0 Å². The monoisotopic (exact) mass is 337 g/mol. The predicted octanol–water partition coefficient (Wildman–Crippen LogP) is 1.69. The lowest BCUT2D eigenvalue weighted by atomic mass is 10.1. The Hall–Kier alpha value is -2.86. The lowest BCUT2D eigenvalue weighted by Crippen LogP contribution is -2.47. The van der Waals surface area contributed by atoms with Crippen LogP contribution in [0.15, 0.2) is 54.7 Å². The lowest BCUT2D eigenvalue weighted by molar-refractivity contribution is -0.124. The fourth-order valence-corrected chi connectivity index (χ4v) is 2.96. The fourth-order valence-electron chi connectivity index (χ4n) is 2.96. The van der Waals surface area contributed by atoms with Gasteiger partial charge in [-0.1, -0.05) is 24.3 Å². The molecule has 3 rings (SSSR count). The molecule has 1 fully saturated rings. The molecule has 2 amide bonds. The molecule has 0 aliphatic carbocycles. The van der Waals surface area contributed by atoms with Gasteiger partial charge in [0.1, 0.15) is 5.69 Å². The number of amides is 2. The van der Waals surface area contributed by atoms with Crippen LogP contribution in [0, 0.1) is 0 Å². The van der Waals surface area contributed by atoms with Gasteiger partial charge in [-0.2, -0.15) is 0 Å². The zero-order chi connectivity index (χ0) is 17.6.